The maximum Gasteiger partial charge on any atom is 0.163 e. The fourth-order valence-corrected chi connectivity index (χ4v) is 5.64. The van der Waals surface area contributed by atoms with Crippen LogP contribution < -0.4 is 5.32 Å². The second-order valence-corrected chi connectivity index (χ2v) is 10.5. The van der Waals surface area contributed by atoms with Gasteiger partial charge < -0.3 is 10.2 Å². The molecule has 1 fully saturated rings. The molecule has 0 saturated heterocycles. The third kappa shape index (κ3) is 3.91. The number of anilines is 2. The maximum absolute atomic E-state index is 6.63. The summed E-state index contributed by atoms with van der Waals surface area (Å²) in [6.07, 6.45) is 5.67. The number of hydrogen-bond acceptors (Lipinski definition) is 7. The summed E-state index contributed by atoms with van der Waals surface area (Å²) in [6, 6.07) is 12.5. The summed E-state index contributed by atoms with van der Waals surface area (Å²) in [5, 5.41) is 12.6. The molecular formula is C25H24ClN7S. The Bertz CT molecular complexity index is 1470. The molecule has 9 heteroatoms. The Kier molecular flexibility index (Phi) is 5.44. The van der Waals surface area contributed by atoms with Gasteiger partial charge in [0, 0.05) is 11.9 Å². The van der Waals surface area contributed by atoms with Crippen molar-refractivity contribution in [2.45, 2.75) is 18.9 Å². The van der Waals surface area contributed by atoms with Crippen LogP contribution >= 0.6 is 22.9 Å². The van der Waals surface area contributed by atoms with Gasteiger partial charge in [-0.25, -0.2) is 19.6 Å². The zero-order valence-electron chi connectivity index (χ0n) is 18.9. The van der Waals surface area contributed by atoms with Gasteiger partial charge in [0.1, 0.15) is 12.1 Å². The monoisotopic (exact) mass is 489 g/mol. The van der Waals surface area contributed by atoms with E-state index in [4.69, 9.17) is 16.6 Å². The van der Waals surface area contributed by atoms with E-state index in [9.17, 15) is 0 Å². The van der Waals surface area contributed by atoms with Crippen molar-refractivity contribution in [2.24, 2.45) is 5.92 Å². The number of nitrogens with one attached hydrogen (secondary N) is 1. The first-order valence-corrected chi connectivity index (χ1v) is 12.5. The highest BCUT2D eigenvalue weighted by molar-refractivity contribution is 7.13. The van der Waals surface area contributed by atoms with Gasteiger partial charge in [0.15, 0.2) is 5.65 Å². The van der Waals surface area contributed by atoms with Crippen LogP contribution in [0.4, 0.5) is 11.5 Å². The van der Waals surface area contributed by atoms with E-state index in [1.807, 2.05) is 35.1 Å². The van der Waals surface area contributed by atoms with Crippen LogP contribution in [0.3, 0.4) is 0 Å². The number of fused-ring (bicyclic) bond motifs is 2. The molecule has 7 nitrogen and oxygen atoms in total. The van der Waals surface area contributed by atoms with Crippen LogP contribution in [0.5, 0.6) is 0 Å². The minimum absolute atomic E-state index is 0.384. The lowest BCUT2D eigenvalue weighted by atomic mass is 9.80. The van der Waals surface area contributed by atoms with E-state index in [-0.39, 0.29) is 0 Å². The normalized spacial score (nSPS) is 18.0. The van der Waals surface area contributed by atoms with Crippen LogP contribution in [0.25, 0.3) is 32.5 Å². The van der Waals surface area contributed by atoms with Gasteiger partial charge in [0.05, 0.1) is 44.4 Å². The van der Waals surface area contributed by atoms with Crippen LogP contribution in [0.1, 0.15) is 18.9 Å². The Morgan fingerprint density at radius 1 is 1.18 bits per heavy atom. The van der Waals surface area contributed by atoms with Crippen molar-refractivity contribution >= 4 is 56.4 Å². The quantitative estimate of drug-likeness (QED) is 0.315. The second-order valence-electron chi connectivity index (χ2n) is 9.13. The van der Waals surface area contributed by atoms with Gasteiger partial charge in [-0.1, -0.05) is 23.7 Å². The maximum atomic E-state index is 6.63. The van der Waals surface area contributed by atoms with Crippen LogP contribution in [-0.4, -0.2) is 50.3 Å². The van der Waals surface area contributed by atoms with E-state index in [1.54, 1.807) is 17.7 Å². The zero-order chi connectivity index (χ0) is 23.2. The van der Waals surface area contributed by atoms with E-state index in [2.05, 4.69) is 56.9 Å². The molecule has 1 aliphatic carbocycles. The molecule has 0 bridgehead atoms. The number of rotatable bonds is 6. The Balaban J connectivity index is 1.30. The Morgan fingerprint density at radius 3 is 2.85 bits per heavy atom. The molecule has 0 atom stereocenters. The third-order valence-electron chi connectivity index (χ3n) is 6.38. The highest BCUT2D eigenvalue weighted by atomic mass is 35.5. The van der Waals surface area contributed by atoms with E-state index >= 15 is 0 Å². The van der Waals surface area contributed by atoms with Crippen molar-refractivity contribution in [3.63, 3.8) is 0 Å². The predicted octanol–water partition coefficient (Wildman–Crippen LogP) is 6.01. The summed E-state index contributed by atoms with van der Waals surface area (Å²) in [4.78, 5) is 17.3. The van der Waals surface area contributed by atoms with Crippen LogP contribution in [-0.2, 0) is 0 Å². The average Bonchev–Trinajstić information content (AvgIpc) is 3.47. The molecule has 4 heterocycles. The van der Waals surface area contributed by atoms with E-state index in [0.717, 1.165) is 57.6 Å². The van der Waals surface area contributed by atoms with Crippen LogP contribution in [0, 0.1) is 5.92 Å². The zero-order valence-corrected chi connectivity index (χ0v) is 20.5. The van der Waals surface area contributed by atoms with Gasteiger partial charge in [-0.2, -0.15) is 5.10 Å². The minimum atomic E-state index is 0.384. The topological polar surface area (TPSA) is 71.8 Å². The molecule has 1 saturated carbocycles. The Morgan fingerprint density at radius 2 is 2.06 bits per heavy atom. The highest BCUT2D eigenvalue weighted by Crippen LogP contribution is 2.40. The molecule has 0 amide bonds. The molecule has 1 aliphatic rings. The lowest BCUT2D eigenvalue weighted by Gasteiger charge is -2.37. The molecule has 0 unspecified atom stereocenters. The first-order valence-electron chi connectivity index (χ1n) is 11.3. The van der Waals surface area contributed by atoms with Crippen molar-refractivity contribution in [2.75, 3.05) is 26.0 Å². The number of pyridine rings is 1. The molecule has 0 radical (unpaired) electrons. The molecular weight excluding hydrogens is 466 g/mol. The molecule has 0 spiro atoms. The van der Waals surface area contributed by atoms with Crippen LogP contribution in [0.15, 0.2) is 54.3 Å². The number of halogens is 1. The number of nitrogens with zero attached hydrogens (tertiary/aromatic N) is 6. The van der Waals surface area contributed by atoms with Crippen molar-refractivity contribution in [3.05, 3.63) is 59.3 Å². The van der Waals surface area contributed by atoms with Gasteiger partial charge in [-0.3, -0.25) is 0 Å². The first kappa shape index (κ1) is 21.5. The summed E-state index contributed by atoms with van der Waals surface area (Å²) in [5.41, 5.74) is 3.43. The Hall–Kier alpha value is -3.07. The van der Waals surface area contributed by atoms with E-state index in [1.165, 1.54) is 0 Å². The molecule has 6 rings (SSSR count). The molecule has 1 N–H and O–H groups in total. The lowest BCUT2D eigenvalue weighted by molar-refractivity contribution is 0.149. The fraction of sp³-hybridized carbons (Fsp3) is 0.280. The summed E-state index contributed by atoms with van der Waals surface area (Å²) in [6.45, 7) is 1.11. The van der Waals surface area contributed by atoms with Gasteiger partial charge >= 0.3 is 0 Å². The summed E-state index contributed by atoms with van der Waals surface area (Å²) >= 11 is 8.31. The van der Waals surface area contributed by atoms with E-state index < -0.39 is 0 Å². The SMILES string of the molecule is CN(C)CC1CC(n2ncc3c(Nc4cc5nc(-c6cccs6)ccc5cc4Cl)ncnc32)C1. The number of thiophene rings is 1. The molecule has 1 aromatic carbocycles. The smallest absolute Gasteiger partial charge is 0.163 e. The minimum Gasteiger partial charge on any atom is -0.338 e. The summed E-state index contributed by atoms with van der Waals surface area (Å²) < 4.78 is 2.05. The van der Waals surface area contributed by atoms with Gasteiger partial charge in [-0.15, -0.1) is 11.3 Å². The lowest BCUT2D eigenvalue weighted by Crippen LogP contribution is -2.34. The number of benzene rings is 1. The van der Waals surface area contributed by atoms with Crippen molar-refractivity contribution in [1.82, 2.24) is 29.6 Å². The first-order chi connectivity index (χ1) is 16.5. The van der Waals surface area contributed by atoms with Gasteiger partial charge in [0.25, 0.3) is 0 Å². The molecule has 172 valence electrons. The Labute approximate surface area is 206 Å². The highest BCUT2D eigenvalue weighted by Gasteiger charge is 2.32. The second kappa shape index (κ2) is 8.61. The summed E-state index contributed by atoms with van der Waals surface area (Å²) in [5.74, 6) is 1.40. The molecule has 0 aliphatic heterocycles. The van der Waals surface area contributed by atoms with Crippen molar-refractivity contribution in [1.29, 1.82) is 0 Å². The van der Waals surface area contributed by atoms with Crippen molar-refractivity contribution < 1.29 is 0 Å². The average molecular weight is 490 g/mol. The predicted molar refractivity (Wildman–Crippen MR) is 139 cm³/mol. The van der Waals surface area contributed by atoms with Crippen LogP contribution in [0.2, 0.25) is 5.02 Å². The van der Waals surface area contributed by atoms with Crippen molar-refractivity contribution in [3.8, 4) is 10.6 Å². The fourth-order valence-electron chi connectivity index (χ4n) is 4.72. The van der Waals surface area contributed by atoms with Gasteiger partial charge in [0.2, 0.25) is 0 Å². The summed E-state index contributed by atoms with van der Waals surface area (Å²) in [7, 11) is 4.25. The van der Waals surface area contributed by atoms with E-state index in [0.29, 0.717) is 22.8 Å². The molecule has 34 heavy (non-hydrogen) atoms. The molecule has 5 aromatic rings. The van der Waals surface area contributed by atoms with Gasteiger partial charge in [-0.05, 0) is 62.5 Å². The standard InChI is InChI=1S/C25H24ClN7S/c1-32(2)13-15-8-17(9-15)33-25-18(12-29-33)24(27-14-28-25)31-22-11-21-16(10-19(22)26)5-6-20(30-21)23-4-3-7-34-23/h3-7,10-12,14-15,17H,8-9,13H2,1-2H3,(H,27,28,31). The third-order valence-corrected chi connectivity index (χ3v) is 7.58. The number of aromatic nitrogens is 5. The largest absolute Gasteiger partial charge is 0.338 e. The number of hydrogen-bond donors (Lipinski definition) is 1. The molecule has 4 aromatic heterocycles.